The quantitative estimate of drug-likeness (QED) is 0.557. The van der Waals surface area contributed by atoms with Crippen LogP contribution in [0.4, 0.5) is 4.79 Å². The van der Waals surface area contributed by atoms with Gasteiger partial charge < -0.3 is 15.0 Å². The van der Waals surface area contributed by atoms with Crippen LogP contribution in [0.1, 0.15) is 16.0 Å². The van der Waals surface area contributed by atoms with Gasteiger partial charge in [0.2, 0.25) is 0 Å². The van der Waals surface area contributed by atoms with Crippen LogP contribution in [-0.4, -0.2) is 66.1 Å². The average molecular weight is 485 g/mol. The normalized spacial score (nSPS) is 19.2. The van der Waals surface area contributed by atoms with Gasteiger partial charge in [0.1, 0.15) is 6.54 Å². The molecule has 1 atom stereocenters. The zero-order valence-corrected chi connectivity index (χ0v) is 20.1. The van der Waals surface area contributed by atoms with E-state index in [1.54, 1.807) is 24.6 Å². The van der Waals surface area contributed by atoms with Gasteiger partial charge in [-0.2, -0.15) is 0 Å². The van der Waals surface area contributed by atoms with Crippen LogP contribution in [0.5, 0.6) is 0 Å². The number of carbonyl (C=O) groups excluding carboxylic acids is 2. The van der Waals surface area contributed by atoms with E-state index >= 15 is 0 Å². The minimum atomic E-state index is -0.264. The van der Waals surface area contributed by atoms with Gasteiger partial charge in [0.05, 0.1) is 29.5 Å². The van der Waals surface area contributed by atoms with Crippen molar-refractivity contribution >= 4 is 45.1 Å². The molecule has 2 saturated heterocycles. The molecule has 0 unspecified atom stereocenters. The molecule has 2 aliphatic heterocycles. The third kappa shape index (κ3) is 4.36. The van der Waals surface area contributed by atoms with Crippen molar-refractivity contribution < 1.29 is 14.3 Å². The molecule has 3 aromatic rings. The smallest absolute Gasteiger partial charge is 0.327 e. The van der Waals surface area contributed by atoms with Crippen molar-refractivity contribution in [2.45, 2.75) is 26.0 Å². The lowest BCUT2D eigenvalue weighted by Gasteiger charge is -2.25. The van der Waals surface area contributed by atoms with Crippen molar-refractivity contribution in [3.05, 3.63) is 51.5 Å². The van der Waals surface area contributed by atoms with Crippen molar-refractivity contribution in [3.63, 3.8) is 0 Å². The Morgan fingerprint density at radius 2 is 2.12 bits per heavy atom. The van der Waals surface area contributed by atoms with Gasteiger partial charge >= 0.3 is 6.03 Å². The number of ether oxygens (including phenoxy) is 1. The Morgan fingerprint density at radius 1 is 1.27 bits per heavy atom. The number of aromatic nitrogens is 1. The molecule has 33 heavy (non-hydrogen) atoms. The molecular formula is C24H25ClN4O3S. The van der Waals surface area contributed by atoms with Gasteiger partial charge in [-0.1, -0.05) is 11.6 Å². The number of hydrogen-bond donors (Lipinski definition) is 1. The first kappa shape index (κ1) is 22.3. The van der Waals surface area contributed by atoms with E-state index < -0.39 is 0 Å². The number of pyridine rings is 1. The topological polar surface area (TPSA) is 74.8 Å². The van der Waals surface area contributed by atoms with Crippen LogP contribution in [0.2, 0.25) is 5.02 Å². The van der Waals surface area contributed by atoms with Crippen molar-refractivity contribution in [3.8, 4) is 11.1 Å². The number of halogens is 1. The molecule has 0 saturated carbocycles. The lowest BCUT2D eigenvalue weighted by molar-refractivity contribution is -0.125. The molecule has 3 amide bonds. The first-order chi connectivity index (χ1) is 15.9. The Hall–Kier alpha value is -2.52. The zero-order chi connectivity index (χ0) is 23.1. The summed E-state index contributed by atoms with van der Waals surface area (Å²) in [6, 6.07) is 7.72. The lowest BCUT2D eigenvalue weighted by atomic mass is 9.92. The molecule has 0 spiro atoms. The third-order valence-electron chi connectivity index (χ3n) is 6.17. The summed E-state index contributed by atoms with van der Waals surface area (Å²) in [5.41, 5.74) is 5.31. The summed E-state index contributed by atoms with van der Waals surface area (Å²) in [6.45, 7) is 4.87. The number of amides is 3. The summed E-state index contributed by atoms with van der Waals surface area (Å²) in [7, 11) is 1.64. The summed E-state index contributed by atoms with van der Waals surface area (Å²) in [5.74, 6) is -0.179. The molecule has 2 aliphatic rings. The maximum Gasteiger partial charge on any atom is 0.327 e. The Bertz CT molecular complexity index is 1240. The van der Waals surface area contributed by atoms with Crippen LogP contribution in [0.15, 0.2) is 30.5 Å². The second-order valence-electron chi connectivity index (χ2n) is 8.55. The monoisotopic (exact) mass is 484 g/mol. The molecule has 4 heterocycles. The lowest BCUT2D eigenvalue weighted by Crippen LogP contribution is -2.39. The Balaban J connectivity index is 1.54. The molecule has 172 valence electrons. The Kier molecular flexibility index (Phi) is 6.09. The van der Waals surface area contributed by atoms with Crippen LogP contribution in [0, 0.1) is 6.92 Å². The van der Waals surface area contributed by atoms with Gasteiger partial charge in [-0.25, -0.2) is 4.79 Å². The van der Waals surface area contributed by atoms with Crippen molar-refractivity contribution in [2.75, 3.05) is 33.3 Å². The summed E-state index contributed by atoms with van der Waals surface area (Å²) in [6.07, 6.45) is 2.70. The Labute approximate surface area is 201 Å². The number of thiophene rings is 1. The molecule has 0 aliphatic carbocycles. The maximum absolute atomic E-state index is 12.3. The first-order valence-corrected chi connectivity index (χ1v) is 12.1. The molecule has 2 aromatic heterocycles. The number of nitrogens with zero attached hydrogens (tertiary/aromatic N) is 3. The summed E-state index contributed by atoms with van der Waals surface area (Å²) in [5, 5.41) is 4.09. The second kappa shape index (κ2) is 9.02. The number of morpholine rings is 1. The molecule has 0 radical (unpaired) electrons. The largest absolute Gasteiger partial charge is 0.375 e. The van der Waals surface area contributed by atoms with Gasteiger partial charge in [-0.05, 0) is 47.9 Å². The van der Waals surface area contributed by atoms with Crippen molar-refractivity contribution in [1.29, 1.82) is 0 Å². The number of imide groups is 1. The summed E-state index contributed by atoms with van der Waals surface area (Å²) >= 11 is 8.05. The number of urea groups is 1. The minimum Gasteiger partial charge on any atom is -0.375 e. The second-order valence-corrected chi connectivity index (χ2v) is 10.1. The number of benzene rings is 1. The standard InChI is InChI=1S/C24H25ClN4O3S/c1-14-7-15(25)8-20(19(14)9-16-11-26-5-6-32-16)18-3-4-27-21-10-17(33-23(18)21)12-29-22(30)13-28(2)24(29)31/h3-4,7-8,10,16,26H,5-6,9,11-13H2,1-2H3/t16-/m1/s1. The highest BCUT2D eigenvalue weighted by molar-refractivity contribution is 7.19. The van der Waals surface area contributed by atoms with Gasteiger partial charge in [0.25, 0.3) is 5.91 Å². The highest BCUT2D eigenvalue weighted by Gasteiger charge is 2.33. The van der Waals surface area contributed by atoms with E-state index in [1.165, 1.54) is 15.4 Å². The fourth-order valence-electron chi connectivity index (χ4n) is 4.52. The van der Waals surface area contributed by atoms with Crippen LogP contribution in [-0.2, 0) is 22.5 Å². The number of hydrogen-bond acceptors (Lipinski definition) is 6. The van der Waals surface area contributed by atoms with Gasteiger partial charge in [-0.3, -0.25) is 14.7 Å². The highest BCUT2D eigenvalue weighted by Crippen LogP contribution is 2.38. The van der Waals surface area contributed by atoms with Crippen LogP contribution < -0.4 is 5.32 Å². The number of nitrogens with one attached hydrogen (secondary N) is 1. The number of fused-ring (bicyclic) bond motifs is 1. The predicted molar refractivity (Wildman–Crippen MR) is 130 cm³/mol. The average Bonchev–Trinajstić information content (AvgIpc) is 3.31. The number of carbonyl (C=O) groups is 2. The van der Waals surface area contributed by atoms with Crippen LogP contribution in [0.3, 0.4) is 0 Å². The highest BCUT2D eigenvalue weighted by atomic mass is 35.5. The third-order valence-corrected chi connectivity index (χ3v) is 7.53. The fourth-order valence-corrected chi connectivity index (χ4v) is 5.92. The molecule has 7 nitrogen and oxygen atoms in total. The van der Waals surface area contributed by atoms with E-state index in [4.69, 9.17) is 16.3 Å². The van der Waals surface area contributed by atoms with E-state index in [0.29, 0.717) is 11.6 Å². The molecule has 9 heteroatoms. The molecule has 1 N–H and O–H groups in total. The van der Waals surface area contributed by atoms with Gasteiger partial charge in [0.15, 0.2) is 0 Å². The molecule has 2 fully saturated rings. The van der Waals surface area contributed by atoms with E-state index in [9.17, 15) is 9.59 Å². The molecular weight excluding hydrogens is 460 g/mol. The molecule has 5 rings (SSSR count). The van der Waals surface area contributed by atoms with E-state index in [0.717, 1.165) is 51.3 Å². The Morgan fingerprint density at radius 3 is 2.85 bits per heavy atom. The molecule has 0 bridgehead atoms. The zero-order valence-electron chi connectivity index (χ0n) is 18.6. The minimum absolute atomic E-state index is 0.109. The van der Waals surface area contributed by atoms with E-state index in [1.807, 2.05) is 24.3 Å². The van der Waals surface area contributed by atoms with Crippen LogP contribution in [0.25, 0.3) is 21.3 Å². The van der Waals surface area contributed by atoms with Gasteiger partial charge in [0, 0.05) is 48.2 Å². The summed E-state index contributed by atoms with van der Waals surface area (Å²) in [4.78, 5) is 32.8. The van der Waals surface area contributed by atoms with E-state index in [2.05, 4.69) is 17.2 Å². The van der Waals surface area contributed by atoms with Crippen molar-refractivity contribution in [2.24, 2.45) is 0 Å². The van der Waals surface area contributed by atoms with Crippen molar-refractivity contribution in [1.82, 2.24) is 20.1 Å². The predicted octanol–water partition coefficient (Wildman–Crippen LogP) is 3.85. The molecule has 1 aromatic carbocycles. The maximum atomic E-state index is 12.3. The number of likely N-dealkylation sites (N-methyl/N-ethyl adjacent to an activating group) is 1. The van der Waals surface area contributed by atoms with Gasteiger partial charge in [-0.15, -0.1) is 11.3 Å². The fraction of sp³-hybridized carbons (Fsp3) is 0.375. The van der Waals surface area contributed by atoms with E-state index in [-0.39, 0.29) is 31.1 Å². The SMILES string of the molecule is Cc1cc(Cl)cc(-c2ccnc3cc(CN4C(=O)CN(C)C4=O)sc23)c1C[C@@H]1CNCCO1. The summed E-state index contributed by atoms with van der Waals surface area (Å²) < 4.78 is 6.99. The number of rotatable bonds is 5. The first-order valence-electron chi connectivity index (χ1n) is 11.0. The van der Waals surface area contributed by atoms with Crippen LogP contribution >= 0.6 is 22.9 Å². The number of aryl methyl sites for hydroxylation is 1.